The Morgan fingerprint density at radius 3 is 2.50 bits per heavy atom. The molecule has 2 fully saturated rings. The number of carbonyl (C=O) groups excluding carboxylic acids is 1. The molecule has 1 amide bonds. The highest BCUT2D eigenvalue weighted by molar-refractivity contribution is 5.97. The number of unbranched alkanes of at least 4 members (excludes halogenated alkanes) is 2. The fourth-order valence-corrected chi connectivity index (χ4v) is 5.53. The van der Waals surface area contributed by atoms with Gasteiger partial charge in [-0.15, -0.1) is 0 Å². The summed E-state index contributed by atoms with van der Waals surface area (Å²) in [4.78, 5) is 29.0. The Bertz CT molecular complexity index is 951. The molecular weight excluding hydrogens is 374 g/mol. The van der Waals surface area contributed by atoms with Crippen molar-refractivity contribution in [3.05, 3.63) is 46.2 Å². The van der Waals surface area contributed by atoms with Crippen LogP contribution in [0.15, 0.2) is 35.1 Å². The first-order valence-electron chi connectivity index (χ1n) is 11.7. The zero-order valence-electron chi connectivity index (χ0n) is 18.6. The Balaban J connectivity index is 1.51. The van der Waals surface area contributed by atoms with Crippen LogP contribution in [0.3, 0.4) is 0 Å². The third kappa shape index (κ3) is 4.04. The maximum absolute atomic E-state index is 13.1. The van der Waals surface area contributed by atoms with Crippen LogP contribution in [-0.4, -0.2) is 40.0 Å². The number of aromatic nitrogens is 1. The van der Waals surface area contributed by atoms with Gasteiger partial charge >= 0.3 is 0 Å². The van der Waals surface area contributed by atoms with Crippen LogP contribution >= 0.6 is 0 Å². The van der Waals surface area contributed by atoms with Crippen LogP contribution in [0.5, 0.6) is 0 Å². The second-order valence-electron chi connectivity index (χ2n) is 9.36. The van der Waals surface area contributed by atoms with Crippen LogP contribution in [0.2, 0.25) is 0 Å². The number of amides is 1. The van der Waals surface area contributed by atoms with Gasteiger partial charge in [0, 0.05) is 24.2 Å². The fraction of sp³-hybridized carbons (Fsp3) is 0.600. The first kappa shape index (κ1) is 21.1. The molecule has 1 aromatic carbocycles. The van der Waals surface area contributed by atoms with Gasteiger partial charge in [0.1, 0.15) is 5.56 Å². The minimum Gasteiger partial charge on any atom is -0.349 e. The van der Waals surface area contributed by atoms with Crippen molar-refractivity contribution in [2.75, 3.05) is 6.54 Å². The zero-order chi connectivity index (χ0) is 21.3. The SMILES string of the molecule is CCCCCN1[C@@H]2CC[C@H]1CC(NC(=O)c1cc3ccccc3n(C(C)C)c1=O)C2. The highest BCUT2D eigenvalue weighted by Crippen LogP contribution is 2.36. The minimum atomic E-state index is -0.219. The summed E-state index contributed by atoms with van der Waals surface area (Å²) in [6.45, 7) is 7.41. The first-order valence-corrected chi connectivity index (χ1v) is 11.7. The summed E-state index contributed by atoms with van der Waals surface area (Å²) < 4.78 is 1.74. The monoisotopic (exact) mass is 409 g/mol. The number of piperidine rings is 1. The molecule has 0 radical (unpaired) electrons. The summed E-state index contributed by atoms with van der Waals surface area (Å²) in [6.07, 6.45) is 8.29. The highest BCUT2D eigenvalue weighted by Gasteiger charge is 2.40. The van der Waals surface area contributed by atoms with E-state index < -0.39 is 0 Å². The first-order chi connectivity index (χ1) is 14.5. The second-order valence-corrected chi connectivity index (χ2v) is 9.36. The van der Waals surface area contributed by atoms with E-state index in [0.29, 0.717) is 12.1 Å². The summed E-state index contributed by atoms with van der Waals surface area (Å²) in [6, 6.07) is 10.9. The Hall–Kier alpha value is -2.14. The number of fused-ring (bicyclic) bond motifs is 3. The Labute approximate surface area is 179 Å². The largest absolute Gasteiger partial charge is 0.349 e. The lowest BCUT2D eigenvalue weighted by Crippen LogP contribution is -2.51. The molecule has 0 spiro atoms. The molecule has 0 aliphatic carbocycles. The van der Waals surface area contributed by atoms with Gasteiger partial charge in [0.05, 0.1) is 5.52 Å². The van der Waals surface area contributed by atoms with Crippen molar-refractivity contribution in [2.24, 2.45) is 0 Å². The van der Waals surface area contributed by atoms with E-state index >= 15 is 0 Å². The van der Waals surface area contributed by atoms with Gasteiger partial charge in [-0.1, -0.05) is 38.0 Å². The topological polar surface area (TPSA) is 54.3 Å². The van der Waals surface area contributed by atoms with E-state index in [0.717, 1.165) is 23.7 Å². The van der Waals surface area contributed by atoms with Crippen LogP contribution in [-0.2, 0) is 0 Å². The average molecular weight is 410 g/mol. The molecule has 1 aromatic heterocycles. The van der Waals surface area contributed by atoms with Gasteiger partial charge in [-0.05, 0) is 70.0 Å². The average Bonchev–Trinajstić information content (AvgIpc) is 2.95. The summed E-state index contributed by atoms with van der Waals surface area (Å²) in [5.41, 5.74) is 0.953. The van der Waals surface area contributed by atoms with Crippen LogP contribution in [0, 0.1) is 0 Å². The number of nitrogens with one attached hydrogen (secondary N) is 1. The Morgan fingerprint density at radius 2 is 1.83 bits per heavy atom. The predicted octanol–water partition coefficient (Wildman–Crippen LogP) is 4.50. The number of hydrogen-bond acceptors (Lipinski definition) is 3. The Morgan fingerprint density at radius 1 is 1.13 bits per heavy atom. The number of benzene rings is 1. The minimum absolute atomic E-state index is 0.00245. The number of carbonyl (C=O) groups is 1. The number of para-hydroxylation sites is 1. The molecule has 3 atom stereocenters. The van der Waals surface area contributed by atoms with E-state index in [-0.39, 0.29) is 29.1 Å². The molecule has 2 bridgehead atoms. The van der Waals surface area contributed by atoms with Crippen LogP contribution in [0.4, 0.5) is 0 Å². The molecule has 2 aliphatic heterocycles. The highest BCUT2D eigenvalue weighted by atomic mass is 16.2. The lowest BCUT2D eigenvalue weighted by molar-refractivity contribution is 0.0840. The number of nitrogens with zero attached hydrogens (tertiary/aromatic N) is 2. The van der Waals surface area contributed by atoms with Gasteiger partial charge in [0.15, 0.2) is 0 Å². The number of hydrogen-bond donors (Lipinski definition) is 1. The van der Waals surface area contributed by atoms with Gasteiger partial charge in [0.2, 0.25) is 0 Å². The third-order valence-corrected chi connectivity index (χ3v) is 6.95. The predicted molar refractivity (Wildman–Crippen MR) is 122 cm³/mol. The molecule has 0 saturated carbocycles. The molecule has 5 nitrogen and oxygen atoms in total. The number of pyridine rings is 1. The quantitative estimate of drug-likeness (QED) is 0.685. The van der Waals surface area contributed by atoms with E-state index in [1.54, 1.807) is 10.6 Å². The fourth-order valence-electron chi connectivity index (χ4n) is 5.53. The van der Waals surface area contributed by atoms with Crippen molar-refractivity contribution in [3.63, 3.8) is 0 Å². The van der Waals surface area contributed by atoms with Gasteiger partial charge < -0.3 is 9.88 Å². The van der Waals surface area contributed by atoms with Gasteiger partial charge in [0.25, 0.3) is 11.5 Å². The normalized spacial score (nSPS) is 23.9. The van der Waals surface area contributed by atoms with E-state index in [1.807, 2.05) is 38.1 Å². The summed E-state index contributed by atoms with van der Waals surface area (Å²) in [5.74, 6) is -0.219. The summed E-state index contributed by atoms with van der Waals surface area (Å²) in [5, 5.41) is 4.15. The molecule has 2 aromatic rings. The standard InChI is InChI=1S/C25H35N3O2/c1-4-5-8-13-27-20-11-12-21(27)16-19(15-20)26-24(29)22-14-18-9-6-7-10-23(18)28(17(2)3)25(22)30/h6-7,9-10,14,17,19-21H,4-5,8,11-13,15-16H2,1-3H3,(H,26,29)/t19?,20-,21+. The zero-order valence-corrected chi connectivity index (χ0v) is 18.6. The van der Waals surface area contributed by atoms with Crippen LogP contribution in [0.25, 0.3) is 10.9 Å². The maximum atomic E-state index is 13.1. The van der Waals surface area contributed by atoms with Crippen molar-refractivity contribution < 1.29 is 4.79 Å². The van der Waals surface area contributed by atoms with E-state index in [4.69, 9.17) is 0 Å². The molecule has 162 valence electrons. The summed E-state index contributed by atoms with van der Waals surface area (Å²) in [7, 11) is 0. The lowest BCUT2D eigenvalue weighted by Gasteiger charge is -2.39. The van der Waals surface area contributed by atoms with E-state index in [2.05, 4.69) is 17.1 Å². The van der Waals surface area contributed by atoms with Crippen LogP contribution < -0.4 is 10.9 Å². The molecule has 3 heterocycles. The number of rotatable bonds is 7. The van der Waals surface area contributed by atoms with Gasteiger partial charge in [-0.2, -0.15) is 0 Å². The molecule has 1 N–H and O–H groups in total. The summed E-state index contributed by atoms with van der Waals surface area (Å²) >= 11 is 0. The third-order valence-electron chi connectivity index (χ3n) is 6.95. The molecule has 2 saturated heterocycles. The lowest BCUT2D eigenvalue weighted by atomic mass is 9.96. The van der Waals surface area contributed by atoms with E-state index in [9.17, 15) is 9.59 Å². The van der Waals surface area contributed by atoms with Crippen molar-refractivity contribution in [2.45, 2.75) is 89.9 Å². The Kier molecular flexibility index (Phi) is 6.28. The van der Waals surface area contributed by atoms with Crippen molar-refractivity contribution in [3.8, 4) is 0 Å². The van der Waals surface area contributed by atoms with Gasteiger partial charge in [-0.3, -0.25) is 14.5 Å². The molecule has 1 unspecified atom stereocenters. The smallest absolute Gasteiger partial charge is 0.264 e. The molecule has 2 aliphatic rings. The van der Waals surface area contributed by atoms with Crippen molar-refractivity contribution >= 4 is 16.8 Å². The second kappa shape index (κ2) is 8.93. The van der Waals surface area contributed by atoms with Gasteiger partial charge in [-0.25, -0.2) is 0 Å². The molecule has 5 heteroatoms. The molecule has 4 rings (SSSR count). The van der Waals surface area contributed by atoms with Crippen molar-refractivity contribution in [1.29, 1.82) is 0 Å². The van der Waals surface area contributed by atoms with Crippen molar-refractivity contribution in [1.82, 2.24) is 14.8 Å². The molecule has 30 heavy (non-hydrogen) atoms. The van der Waals surface area contributed by atoms with Crippen LogP contribution in [0.1, 0.15) is 82.1 Å². The molecular formula is C25H35N3O2. The van der Waals surface area contributed by atoms with E-state index in [1.165, 1.54) is 38.6 Å². The maximum Gasteiger partial charge on any atom is 0.264 e.